The van der Waals surface area contributed by atoms with Gasteiger partial charge in [0.05, 0.1) is 6.61 Å². The molecule has 0 radical (unpaired) electrons. The van der Waals surface area contributed by atoms with Crippen LogP contribution < -0.4 is 64.2 Å². The molecule has 10 heteroatoms. The predicted molar refractivity (Wildman–Crippen MR) is 114 cm³/mol. The second-order valence-corrected chi connectivity index (χ2v) is 9.22. The summed E-state index contributed by atoms with van der Waals surface area (Å²) in [6.45, 7) is 2.20. The number of rotatable bonds is 20. The molecule has 0 aromatic rings. The molecule has 0 rings (SSSR count). The molecule has 176 valence electrons. The number of allylic oxidation sites excluding steroid dienone is 2. The van der Waals surface area contributed by atoms with Crippen molar-refractivity contribution in [1.29, 1.82) is 0 Å². The van der Waals surface area contributed by atoms with Gasteiger partial charge in [-0.2, -0.15) is 0 Å². The van der Waals surface area contributed by atoms with Crippen LogP contribution >= 0.6 is 0 Å². The Hall–Kier alpha value is 0.590. The molecule has 0 aliphatic heterocycles. The van der Waals surface area contributed by atoms with Gasteiger partial charge < -0.3 is 19.2 Å². The number of carbonyl (C=O) groups excluding carboxylic acids is 2. The van der Waals surface area contributed by atoms with Gasteiger partial charge in [-0.05, 0) is 32.1 Å². The molecular weight excluding hydrogens is 454 g/mol. The molecule has 0 aliphatic rings. The summed E-state index contributed by atoms with van der Waals surface area (Å²) < 4.78 is 37.5. The van der Waals surface area contributed by atoms with Crippen molar-refractivity contribution in [2.75, 3.05) is 6.61 Å². The molecule has 32 heavy (non-hydrogen) atoms. The summed E-state index contributed by atoms with van der Waals surface area (Å²) in [5, 5.41) is 8.23. The van der Waals surface area contributed by atoms with E-state index in [0.29, 0.717) is 6.42 Å². The maximum atomic E-state index is 11.6. The van der Waals surface area contributed by atoms with Crippen LogP contribution in [0.4, 0.5) is 0 Å². The molecule has 0 spiro atoms. The van der Waals surface area contributed by atoms with E-state index < -0.39 is 33.7 Å². The first-order valence-corrected chi connectivity index (χ1v) is 12.7. The fourth-order valence-electron chi connectivity index (χ4n) is 3.07. The number of hydrogen-bond donors (Lipinski definition) is 0. The molecule has 0 saturated carbocycles. The zero-order valence-electron chi connectivity index (χ0n) is 20.3. The first-order chi connectivity index (χ1) is 14.3. The van der Waals surface area contributed by atoms with Gasteiger partial charge in [0.15, 0.2) is 5.25 Å². The fourth-order valence-corrected chi connectivity index (χ4v) is 3.71. The average molecular weight is 493 g/mol. The number of hydrogen-bond acceptors (Lipinski definition) is 7. The van der Waals surface area contributed by atoms with Gasteiger partial charge in [0, 0.05) is 12.4 Å². The molecule has 0 heterocycles. The Morgan fingerprint density at radius 2 is 1.25 bits per heavy atom. The van der Waals surface area contributed by atoms with Crippen LogP contribution in [0.15, 0.2) is 12.2 Å². The molecule has 7 nitrogen and oxygen atoms in total. The molecule has 0 bridgehead atoms. The number of esters is 1. The Labute approximate surface area is 238 Å². The van der Waals surface area contributed by atoms with Gasteiger partial charge in [0.2, 0.25) is 0 Å². The number of unbranched alkanes of at least 4 members (excludes halogenated alkanes) is 12. The summed E-state index contributed by atoms with van der Waals surface area (Å²) in [6.07, 6.45) is 19.2. The van der Waals surface area contributed by atoms with Crippen LogP contribution in [-0.2, 0) is 24.4 Å². The van der Waals surface area contributed by atoms with E-state index in [2.05, 4.69) is 19.1 Å². The van der Waals surface area contributed by atoms with Crippen molar-refractivity contribution in [1.82, 2.24) is 0 Å². The molecule has 1 unspecified atom stereocenters. The molecule has 0 aliphatic carbocycles. The van der Waals surface area contributed by atoms with Crippen molar-refractivity contribution in [3.8, 4) is 0 Å². The molecule has 0 fully saturated rings. The van der Waals surface area contributed by atoms with Gasteiger partial charge in [-0.25, -0.2) is 8.42 Å². The zero-order chi connectivity index (χ0) is 22.7. The van der Waals surface area contributed by atoms with Crippen LogP contribution in [0.1, 0.15) is 103 Å². The second kappa shape index (κ2) is 24.7. The Bertz CT molecular complexity index is 595. The maximum absolute atomic E-state index is 11.6. The minimum atomic E-state index is -5.08. The molecule has 0 N–H and O–H groups in total. The molecule has 1 atom stereocenters. The van der Waals surface area contributed by atoms with Crippen molar-refractivity contribution in [2.24, 2.45) is 0 Å². The van der Waals surface area contributed by atoms with Crippen LogP contribution in [0.25, 0.3) is 0 Å². The Morgan fingerprint density at radius 3 is 1.69 bits per heavy atom. The van der Waals surface area contributed by atoms with Crippen molar-refractivity contribution >= 4 is 22.1 Å². The second-order valence-electron chi connectivity index (χ2n) is 7.66. The van der Waals surface area contributed by atoms with Crippen molar-refractivity contribution in [3.63, 3.8) is 0 Å². The number of ether oxygens (including phenoxy) is 1. The van der Waals surface area contributed by atoms with E-state index >= 15 is 0 Å². The minimum Gasteiger partial charge on any atom is -0.747 e. The number of carboxylic acids is 1. The zero-order valence-corrected chi connectivity index (χ0v) is 25.1. The van der Waals surface area contributed by atoms with E-state index in [9.17, 15) is 27.7 Å². The van der Waals surface area contributed by atoms with Gasteiger partial charge >= 0.3 is 65.1 Å². The standard InChI is InChI=1S/C22H40O7S.2Na/c1-2-3-4-5-6-7-8-9-10-11-12-13-14-15-16-17-18-29-22(25)20(19-21(23)24)30(26,27)28;;/h9-10,20H,2-8,11-19H2,1H3,(H,23,24)(H,26,27,28);;/q;2*+1/p-2/b10-9+;;. The average Bonchev–Trinajstić information content (AvgIpc) is 2.67. The van der Waals surface area contributed by atoms with E-state index in [4.69, 9.17) is 4.74 Å². The largest absolute Gasteiger partial charge is 1.00 e. The van der Waals surface area contributed by atoms with Crippen molar-refractivity contribution in [2.45, 2.75) is 108 Å². The predicted octanol–water partition coefficient (Wildman–Crippen LogP) is -2.37. The molecule has 0 amide bonds. The fraction of sp³-hybridized carbons (Fsp3) is 0.818. The Balaban J connectivity index is -0.00000420. The number of carbonyl (C=O) groups is 2. The van der Waals surface area contributed by atoms with Crippen LogP contribution in [-0.4, -0.2) is 36.8 Å². The summed E-state index contributed by atoms with van der Waals surface area (Å²) in [5.41, 5.74) is 0. The van der Waals surface area contributed by atoms with Crippen LogP contribution in [0.5, 0.6) is 0 Å². The smallest absolute Gasteiger partial charge is 0.747 e. The SMILES string of the molecule is CCCCCCCC/C=C/CCCCCCCCOC(=O)C(CC(=O)[O-])S(=O)(=O)[O-].[Na+].[Na+]. The Kier molecular flexibility index (Phi) is 28.7. The van der Waals surface area contributed by atoms with Crippen LogP contribution in [0.2, 0.25) is 0 Å². The summed E-state index contributed by atoms with van der Waals surface area (Å²) in [6, 6.07) is 0. The van der Waals surface area contributed by atoms with Crippen molar-refractivity contribution < 1.29 is 91.5 Å². The van der Waals surface area contributed by atoms with Gasteiger partial charge in [0.25, 0.3) is 0 Å². The van der Waals surface area contributed by atoms with Crippen LogP contribution in [0, 0.1) is 0 Å². The first kappa shape index (κ1) is 37.1. The quantitative estimate of drug-likeness (QED) is 0.0612. The molecular formula is C22H38Na2O7S. The van der Waals surface area contributed by atoms with Gasteiger partial charge in [-0.1, -0.05) is 76.9 Å². The van der Waals surface area contributed by atoms with Gasteiger partial charge in [0.1, 0.15) is 10.1 Å². The maximum Gasteiger partial charge on any atom is 1.00 e. The number of aliphatic carboxylic acids is 1. The van der Waals surface area contributed by atoms with Gasteiger partial charge in [-0.3, -0.25) is 4.79 Å². The summed E-state index contributed by atoms with van der Waals surface area (Å²) >= 11 is 0. The minimum absolute atomic E-state index is 0. The monoisotopic (exact) mass is 492 g/mol. The van der Waals surface area contributed by atoms with E-state index in [1.54, 1.807) is 0 Å². The first-order valence-electron chi connectivity index (χ1n) is 11.2. The van der Waals surface area contributed by atoms with E-state index in [1.807, 2.05) is 0 Å². The third-order valence-corrected chi connectivity index (χ3v) is 5.92. The topological polar surface area (TPSA) is 124 Å². The molecule has 0 aromatic heterocycles. The summed E-state index contributed by atoms with van der Waals surface area (Å²) in [7, 11) is -5.08. The summed E-state index contributed by atoms with van der Waals surface area (Å²) in [4.78, 5) is 22.1. The van der Waals surface area contributed by atoms with E-state index in [1.165, 1.54) is 44.9 Å². The van der Waals surface area contributed by atoms with E-state index in [0.717, 1.165) is 38.5 Å². The molecule has 0 aromatic carbocycles. The van der Waals surface area contributed by atoms with Crippen LogP contribution in [0.3, 0.4) is 0 Å². The summed E-state index contributed by atoms with van der Waals surface area (Å²) in [5.74, 6) is -3.10. The third-order valence-electron chi connectivity index (χ3n) is 4.86. The van der Waals surface area contributed by atoms with Gasteiger partial charge in [-0.15, -0.1) is 0 Å². The normalized spacial score (nSPS) is 12.1. The number of carboxylic acid groups (broad SMARTS) is 1. The van der Waals surface area contributed by atoms with E-state index in [-0.39, 0.29) is 65.7 Å². The van der Waals surface area contributed by atoms with Crippen molar-refractivity contribution in [3.05, 3.63) is 12.2 Å². The molecule has 0 saturated heterocycles. The third kappa shape index (κ3) is 23.7. The Morgan fingerprint density at radius 1 is 0.812 bits per heavy atom.